The Labute approximate surface area is 124 Å². The molecule has 0 aromatic heterocycles. The number of rotatable bonds is 11. The highest BCUT2D eigenvalue weighted by Gasteiger charge is 2.11. The fourth-order valence-electron chi connectivity index (χ4n) is 1.40. The maximum atomic E-state index is 9.38. The molecular formula is C16H34O4. The summed E-state index contributed by atoms with van der Waals surface area (Å²) in [6.07, 6.45) is 5.06. The molecule has 0 bridgehead atoms. The van der Waals surface area contributed by atoms with E-state index < -0.39 is 5.60 Å². The average Bonchev–Trinajstić information content (AvgIpc) is 2.38. The Morgan fingerprint density at radius 1 is 1.20 bits per heavy atom. The second-order valence-corrected chi connectivity index (χ2v) is 5.45. The van der Waals surface area contributed by atoms with E-state index in [-0.39, 0.29) is 6.61 Å². The molecule has 0 radical (unpaired) electrons. The topological polar surface area (TPSA) is 58.9 Å². The van der Waals surface area contributed by atoms with E-state index in [1.54, 1.807) is 0 Å². The van der Waals surface area contributed by atoms with Crippen molar-refractivity contribution in [1.29, 1.82) is 0 Å². The van der Waals surface area contributed by atoms with Crippen molar-refractivity contribution in [3.63, 3.8) is 0 Å². The first-order valence-corrected chi connectivity index (χ1v) is 7.48. The summed E-state index contributed by atoms with van der Waals surface area (Å²) in [6.45, 7) is 13.9. The smallest absolute Gasteiger partial charge is 0.0701 e. The van der Waals surface area contributed by atoms with Crippen LogP contribution in [0.25, 0.3) is 0 Å². The largest absolute Gasteiger partial charge is 0.394 e. The highest BCUT2D eigenvalue weighted by Crippen LogP contribution is 2.15. The average molecular weight is 290 g/mol. The lowest BCUT2D eigenvalue weighted by Gasteiger charge is -2.17. The monoisotopic (exact) mass is 290 g/mol. The Morgan fingerprint density at radius 3 is 2.25 bits per heavy atom. The van der Waals surface area contributed by atoms with Crippen LogP contribution in [0.1, 0.15) is 47.0 Å². The third-order valence-corrected chi connectivity index (χ3v) is 2.66. The summed E-state index contributed by atoms with van der Waals surface area (Å²) in [5.41, 5.74) is -0.499. The summed E-state index contributed by atoms with van der Waals surface area (Å²) in [6, 6.07) is 0. The van der Waals surface area contributed by atoms with Gasteiger partial charge in [0.05, 0.1) is 32.0 Å². The van der Waals surface area contributed by atoms with Gasteiger partial charge in [0.2, 0.25) is 0 Å². The van der Waals surface area contributed by atoms with Gasteiger partial charge in [-0.1, -0.05) is 19.4 Å². The maximum absolute atomic E-state index is 9.38. The molecule has 0 spiro atoms. The molecule has 2 N–H and O–H groups in total. The van der Waals surface area contributed by atoms with Crippen LogP contribution in [0.2, 0.25) is 0 Å². The van der Waals surface area contributed by atoms with Gasteiger partial charge < -0.3 is 19.7 Å². The van der Waals surface area contributed by atoms with E-state index in [1.165, 1.54) is 0 Å². The van der Waals surface area contributed by atoms with Gasteiger partial charge in [-0.25, -0.2) is 0 Å². The number of ether oxygens (including phenoxy) is 2. The number of hydrogen-bond donors (Lipinski definition) is 2. The minimum absolute atomic E-state index is 0.0894. The van der Waals surface area contributed by atoms with Gasteiger partial charge in [-0.15, -0.1) is 6.58 Å². The van der Waals surface area contributed by atoms with Crippen LogP contribution in [0.5, 0.6) is 0 Å². The fraction of sp³-hybridized carbons (Fsp3) is 0.875. The van der Waals surface area contributed by atoms with Crippen LogP contribution in [0.15, 0.2) is 12.7 Å². The number of hydrogen-bond acceptors (Lipinski definition) is 4. The van der Waals surface area contributed by atoms with Crippen molar-refractivity contribution in [2.75, 3.05) is 33.0 Å². The summed E-state index contributed by atoms with van der Waals surface area (Å²) >= 11 is 0. The van der Waals surface area contributed by atoms with E-state index in [0.29, 0.717) is 25.7 Å². The minimum Gasteiger partial charge on any atom is -0.394 e. The molecule has 20 heavy (non-hydrogen) atoms. The molecule has 0 aromatic rings. The maximum Gasteiger partial charge on any atom is 0.0701 e. The number of allylic oxidation sites excluding steroid dienone is 1. The quantitative estimate of drug-likeness (QED) is 0.454. The van der Waals surface area contributed by atoms with E-state index in [1.807, 2.05) is 26.8 Å². The Morgan fingerprint density at radius 2 is 1.80 bits per heavy atom. The van der Waals surface area contributed by atoms with Gasteiger partial charge in [0.15, 0.2) is 0 Å². The highest BCUT2D eigenvalue weighted by atomic mass is 16.5. The predicted octanol–water partition coefficient (Wildman–Crippen LogP) is 2.78. The molecule has 4 nitrogen and oxygen atoms in total. The molecule has 0 rings (SSSR count). The van der Waals surface area contributed by atoms with Crippen LogP contribution in [0.4, 0.5) is 0 Å². The molecule has 1 atom stereocenters. The molecule has 0 fully saturated rings. The van der Waals surface area contributed by atoms with Gasteiger partial charge in [0.1, 0.15) is 0 Å². The van der Waals surface area contributed by atoms with Crippen molar-refractivity contribution in [3.05, 3.63) is 12.7 Å². The number of aliphatic hydroxyl groups excluding tert-OH is 1. The third-order valence-electron chi connectivity index (χ3n) is 2.66. The van der Waals surface area contributed by atoms with E-state index in [9.17, 15) is 5.11 Å². The van der Waals surface area contributed by atoms with Crippen LogP contribution in [-0.2, 0) is 9.47 Å². The van der Waals surface area contributed by atoms with E-state index in [4.69, 9.17) is 14.6 Å². The van der Waals surface area contributed by atoms with Gasteiger partial charge in [-0.3, -0.25) is 0 Å². The van der Waals surface area contributed by atoms with Crippen LogP contribution < -0.4 is 0 Å². The lowest BCUT2D eigenvalue weighted by atomic mass is 9.97. The predicted molar refractivity (Wildman–Crippen MR) is 83.9 cm³/mol. The molecule has 1 unspecified atom stereocenters. The Balaban J connectivity index is 0. The second kappa shape index (κ2) is 15.0. The summed E-state index contributed by atoms with van der Waals surface area (Å²) in [4.78, 5) is 0. The molecule has 0 saturated heterocycles. The molecule has 0 aliphatic rings. The van der Waals surface area contributed by atoms with Gasteiger partial charge >= 0.3 is 0 Å². The van der Waals surface area contributed by atoms with Crippen molar-refractivity contribution < 1.29 is 19.7 Å². The molecule has 122 valence electrons. The van der Waals surface area contributed by atoms with Gasteiger partial charge in [-0.2, -0.15) is 0 Å². The molecular weight excluding hydrogens is 256 g/mol. The first-order chi connectivity index (χ1) is 9.37. The van der Waals surface area contributed by atoms with Crippen molar-refractivity contribution in [1.82, 2.24) is 0 Å². The summed E-state index contributed by atoms with van der Waals surface area (Å²) in [7, 11) is 0. The van der Waals surface area contributed by atoms with Gasteiger partial charge in [0.25, 0.3) is 0 Å². The lowest BCUT2D eigenvalue weighted by Crippen LogP contribution is -2.18. The zero-order valence-corrected chi connectivity index (χ0v) is 13.7. The molecule has 4 heteroatoms. The van der Waals surface area contributed by atoms with Crippen LogP contribution in [-0.4, -0.2) is 48.8 Å². The third kappa shape index (κ3) is 22.7. The Kier molecular flexibility index (Phi) is 16.4. The molecule has 0 amide bonds. The second-order valence-electron chi connectivity index (χ2n) is 5.45. The molecule has 0 heterocycles. The van der Waals surface area contributed by atoms with Crippen molar-refractivity contribution in [2.45, 2.75) is 52.6 Å². The standard InChI is InChI=1S/C10H20O.C6H14O3/c1-5-9(2)7-6-8-10(3,4)11;1-2-8-5-6-9-4-3-7/h5,9,11H,1,6-8H2,2-4H3;7H,2-6H2,1H3. The minimum atomic E-state index is -0.499. The zero-order valence-electron chi connectivity index (χ0n) is 13.7. The highest BCUT2D eigenvalue weighted by molar-refractivity contribution is 4.75. The van der Waals surface area contributed by atoms with Crippen LogP contribution >= 0.6 is 0 Å². The summed E-state index contributed by atoms with van der Waals surface area (Å²) < 4.78 is 9.88. The Hall–Kier alpha value is -0.420. The summed E-state index contributed by atoms with van der Waals surface area (Å²) in [5.74, 6) is 0.581. The summed E-state index contributed by atoms with van der Waals surface area (Å²) in [5, 5.41) is 17.6. The molecule has 0 aromatic carbocycles. The van der Waals surface area contributed by atoms with E-state index >= 15 is 0 Å². The fourth-order valence-corrected chi connectivity index (χ4v) is 1.40. The van der Waals surface area contributed by atoms with Crippen molar-refractivity contribution in [3.8, 4) is 0 Å². The van der Waals surface area contributed by atoms with E-state index in [2.05, 4.69) is 13.5 Å². The van der Waals surface area contributed by atoms with Crippen molar-refractivity contribution >= 4 is 0 Å². The van der Waals surface area contributed by atoms with Gasteiger partial charge in [0, 0.05) is 6.61 Å². The first kappa shape index (κ1) is 21.9. The Bertz CT molecular complexity index is 193. The zero-order chi connectivity index (χ0) is 15.9. The number of aliphatic hydroxyl groups is 2. The SMILES string of the molecule is C=CC(C)CCCC(C)(C)O.CCOCCOCCO. The van der Waals surface area contributed by atoms with Gasteiger partial charge in [-0.05, 0) is 39.5 Å². The first-order valence-electron chi connectivity index (χ1n) is 7.48. The molecule has 0 aliphatic heterocycles. The molecule has 0 aliphatic carbocycles. The van der Waals surface area contributed by atoms with Crippen LogP contribution in [0, 0.1) is 5.92 Å². The normalized spacial score (nSPS) is 12.5. The van der Waals surface area contributed by atoms with Crippen LogP contribution in [0.3, 0.4) is 0 Å². The van der Waals surface area contributed by atoms with Crippen molar-refractivity contribution in [2.24, 2.45) is 5.92 Å². The van der Waals surface area contributed by atoms with E-state index in [0.717, 1.165) is 25.9 Å². The lowest BCUT2D eigenvalue weighted by molar-refractivity contribution is 0.0370. The molecule has 0 saturated carbocycles.